The standard InChI is InChI=1S/C15H25N3/c1-12-5-6-14(9-13(12)2)18-8-7-15(10-16,11-18)17(3)4/h5-6,9H,7-8,10-11,16H2,1-4H3. The largest absolute Gasteiger partial charge is 0.370 e. The monoisotopic (exact) mass is 247 g/mol. The van der Waals surface area contributed by atoms with Gasteiger partial charge in [-0.25, -0.2) is 0 Å². The highest BCUT2D eigenvalue weighted by molar-refractivity contribution is 5.52. The summed E-state index contributed by atoms with van der Waals surface area (Å²) in [6, 6.07) is 6.73. The van der Waals surface area contributed by atoms with Crippen LogP contribution in [0.3, 0.4) is 0 Å². The van der Waals surface area contributed by atoms with Gasteiger partial charge in [0.15, 0.2) is 0 Å². The Morgan fingerprint density at radius 2 is 2.00 bits per heavy atom. The minimum atomic E-state index is 0.138. The molecule has 1 saturated heterocycles. The number of nitrogens with two attached hydrogens (primary N) is 1. The van der Waals surface area contributed by atoms with Crippen molar-refractivity contribution in [2.24, 2.45) is 5.73 Å². The quantitative estimate of drug-likeness (QED) is 0.883. The molecule has 0 amide bonds. The van der Waals surface area contributed by atoms with Crippen molar-refractivity contribution in [3.05, 3.63) is 29.3 Å². The summed E-state index contributed by atoms with van der Waals surface area (Å²) < 4.78 is 0. The molecule has 1 aliphatic heterocycles. The first-order chi connectivity index (χ1) is 8.48. The van der Waals surface area contributed by atoms with E-state index in [1.807, 2.05) is 0 Å². The lowest BCUT2D eigenvalue weighted by atomic mass is 9.97. The van der Waals surface area contributed by atoms with Gasteiger partial charge >= 0.3 is 0 Å². The van der Waals surface area contributed by atoms with Crippen LogP contribution in [0.5, 0.6) is 0 Å². The predicted molar refractivity (Wildman–Crippen MR) is 78.2 cm³/mol. The van der Waals surface area contributed by atoms with Crippen molar-refractivity contribution in [3.8, 4) is 0 Å². The van der Waals surface area contributed by atoms with Gasteiger partial charge in [-0.2, -0.15) is 0 Å². The number of hydrogen-bond acceptors (Lipinski definition) is 3. The maximum Gasteiger partial charge on any atom is 0.0518 e. The van der Waals surface area contributed by atoms with E-state index in [4.69, 9.17) is 5.73 Å². The second-order valence-corrected chi connectivity index (χ2v) is 5.76. The maximum atomic E-state index is 6.00. The minimum Gasteiger partial charge on any atom is -0.370 e. The molecule has 2 N–H and O–H groups in total. The molecule has 0 saturated carbocycles. The highest BCUT2D eigenvalue weighted by Crippen LogP contribution is 2.30. The Kier molecular flexibility index (Phi) is 3.64. The average molecular weight is 247 g/mol. The van der Waals surface area contributed by atoms with Crippen LogP contribution in [0.15, 0.2) is 18.2 Å². The third kappa shape index (κ3) is 2.25. The number of likely N-dealkylation sites (N-methyl/N-ethyl adjacent to an activating group) is 1. The number of anilines is 1. The Balaban J connectivity index is 2.19. The zero-order valence-corrected chi connectivity index (χ0v) is 12.0. The van der Waals surface area contributed by atoms with Gasteiger partial charge in [-0.1, -0.05) is 6.07 Å². The second-order valence-electron chi connectivity index (χ2n) is 5.76. The van der Waals surface area contributed by atoms with Crippen molar-refractivity contribution in [1.29, 1.82) is 0 Å². The summed E-state index contributed by atoms with van der Waals surface area (Å²) in [5, 5.41) is 0. The fraction of sp³-hybridized carbons (Fsp3) is 0.600. The summed E-state index contributed by atoms with van der Waals surface area (Å²) in [5.74, 6) is 0. The predicted octanol–water partition coefficient (Wildman–Crippen LogP) is 1.77. The van der Waals surface area contributed by atoms with E-state index in [1.165, 1.54) is 16.8 Å². The Hall–Kier alpha value is -1.06. The first-order valence-corrected chi connectivity index (χ1v) is 6.68. The molecule has 1 aliphatic rings. The summed E-state index contributed by atoms with van der Waals surface area (Å²) in [6.07, 6.45) is 1.14. The zero-order chi connectivity index (χ0) is 13.3. The molecule has 1 unspecified atom stereocenters. The summed E-state index contributed by atoms with van der Waals surface area (Å²) >= 11 is 0. The number of nitrogens with zero attached hydrogens (tertiary/aromatic N) is 2. The third-order valence-electron chi connectivity index (χ3n) is 4.52. The minimum absolute atomic E-state index is 0.138. The van der Waals surface area contributed by atoms with Crippen molar-refractivity contribution >= 4 is 5.69 Å². The molecule has 3 heteroatoms. The Bertz CT molecular complexity index is 428. The summed E-state index contributed by atoms with van der Waals surface area (Å²) in [7, 11) is 4.27. The Morgan fingerprint density at radius 3 is 2.50 bits per heavy atom. The average Bonchev–Trinajstić information content (AvgIpc) is 2.78. The number of benzene rings is 1. The molecule has 100 valence electrons. The lowest BCUT2D eigenvalue weighted by Crippen LogP contribution is -2.52. The Labute approximate surface area is 111 Å². The molecule has 1 aromatic carbocycles. The van der Waals surface area contributed by atoms with E-state index in [9.17, 15) is 0 Å². The van der Waals surface area contributed by atoms with Crippen molar-refractivity contribution in [2.75, 3.05) is 38.6 Å². The van der Waals surface area contributed by atoms with E-state index in [0.717, 1.165) is 26.1 Å². The van der Waals surface area contributed by atoms with Crippen molar-refractivity contribution < 1.29 is 0 Å². The smallest absolute Gasteiger partial charge is 0.0518 e. The van der Waals surface area contributed by atoms with Gasteiger partial charge in [-0.15, -0.1) is 0 Å². The topological polar surface area (TPSA) is 32.5 Å². The summed E-state index contributed by atoms with van der Waals surface area (Å²) in [4.78, 5) is 4.74. The van der Waals surface area contributed by atoms with Crippen LogP contribution in [0.2, 0.25) is 0 Å². The molecule has 0 aromatic heterocycles. The lowest BCUT2D eigenvalue weighted by molar-refractivity contribution is 0.184. The Morgan fingerprint density at radius 1 is 1.28 bits per heavy atom. The highest BCUT2D eigenvalue weighted by Gasteiger charge is 2.38. The molecule has 0 aliphatic carbocycles. The number of hydrogen-bond donors (Lipinski definition) is 1. The molecule has 1 fully saturated rings. The van der Waals surface area contributed by atoms with Crippen LogP contribution in [-0.4, -0.2) is 44.2 Å². The second kappa shape index (κ2) is 4.90. The molecular formula is C15H25N3. The van der Waals surface area contributed by atoms with Gasteiger partial charge < -0.3 is 15.5 Å². The fourth-order valence-electron chi connectivity index (χ4n) is 2.71. The molecular weight excluding hydrogens is 222 g/mol. The van der Waals surface area contributed by atoms with Crippen LogP contribution >= 0.6 is 0 Å². The van der Waals surface area contributed by atoms with Crippen molar-refractivity contribution in [2.45, 2.75) is 25.8 Å². The van der Waals surface area contributed by atoms with Crippen LogP contribution in [0.4, 0.5) is 5.69 Å². The molecule has 3 nitrogen and oxygen atoms in total. The van der Waals surface area contributed by atoms with E-state index >= 15 is 0 Å². The van der Waals surface area contributed by atoms with E-state index in [-0.39, 0.29) is 5.54 Å². The number of aryl methyl sites for hydroxylation is 2. The molecule has 1 atom stereocenters. The van der Waals surface area contributed by atoms with E-state index in [0.29, 0.717) is 0 Å². The fourth-order valence-corrected chi connectivity index (χ4v) is 2.71. The van der Waals surface area contributed by atoms with E-state index in [2.05, 4.69) is 55.9 Å². The van der Waals surface area contributed by atoms with Crippen LogP contribution in [0.1, 0.15) is 17.5 Å². The van der Waals surface area contributed by atoms with Gasteiger partial charge in [0.2, 0.25) is 0 Å². The van der Waals surface area contributed by atoms with Gasteiger partial charge in [-0.3, -0.25) is 0 Å². The zero-order valence-electron chi connectivity index (χ0n) is 12.0. The highest BCUT2D eigenvalue weighted by atomic mass is 15.3. The van der Waals surface area contributed by atoms with E-state index in [1.54, 1.807) is 0 Å². The summed E-state index contributed by atoms with van der Waals surface area (Å²) in [5.41, 5.74) is 10.2. The van der Waals surface area contributed by atoms with Crippen molar-refractivity contribution in [3.63, 3.8) is 0 Å². The normalized spacial score (nSPS) is 24.0. The molecule has 1 heterocycles. The third-order valence-corrected chi connectivity index (χ3v) is 4.52. The van der Waals surface area contributed by atoms with Crippen LogP contribution in [0.25, 0.3) is 0 Å². The molecule has 1 aromatic rings. The van der Waals surface area contributed by atoms with Gasteiger partial charge in [0.25, 0.3) is 0 Å². The number of rotatable bonds is 3. The van der Waals surface area contributed by atoms with Gasteiger partial charge in [0, 0.05) is 25.3 Å². The van der Waals surface area contributed by atoms with Gasteiger partial charge in [0.05, 0.1) is 5.54 Å². The first-order valence-electron chi connectivity index (χ1n) is 6.68. The van der Waals surface area contributed by atoms with Gasteiger partial charge in [0.1, 0.15) is 0 Å². The van der Waals surface area contributed by atoms with Gasteiger partial charge in [-0.05, 0) is 57.6 Å². The molecule has 0 radical (unpaired) electrons. The van der Waals surface area contributed by atoms with Crippen LogP contribution in [0, 0.1) is 13.8 Å². The SMILES string of the molecule is Cc1ccc(N2CCC(CN)(N(C)C)C2)cc1C. The molecule has 0 spiro atoms. The molecule has 18 heavy (non-hydrogen) atoms. The van der Waals surface area contributed by atoms with E-state index < -0.39 is 0 Å². The first kappa shape index (κ1) is 13.4. The maximum absolute atomic E-state index is 6.00. The van der Waals surface area contributed by atoms with Crippen LogP contribution in [-0.2, 0) is 0 Å². The molecule has 0 bridgehead atoms. The summed E-state index contributed by atoms with van der Waals surface area (Å²) in [6.45, 7) is 7.18. The lowest BCUT2D eigenvalue weighted by Gasteiger charge is -2.35. The van der Waals surface area contributed by atoms with Crippen LogP contribution < -0.4 is 10.6 Å². The van der Waals surface area contributed by atoms with Crippen molar-refractivity contribution in [1.82, 2.24) is 4.90 Å². The molecule has 2 rings (SSSR count).